The first-order valence-electron chi connectivity index (χ1n) is 7.73. The van der Waals surface area contributed by atoms with Crippen LogP contribution in [-0.2, 0) is 25.6 Å². The van der Waals surface area contributed by atoms with Gasteiger partial charge in [-0.2, -0.15) is 0 Å². The Bertz CT molecular complexity index is 447. The average molecular weight is 290 g/mol. The SMILES string of the molecule is O=C[C@@H]1CC[C@@H]([C@@H]2CC[C@@H](COCc3ccccc3)O2)O1. The highest BCUT2D eigenvalue weighted by Crippen LogP contribution is 2.30. The molecular formula is C17H22O4. The maximum Gasteiger partial charge on any atom is 0.148 e. The van der Waals surface area contributed by atoms with Gasteiger partial charge in [-0.25, -0.2) is 0 Å². The van der Waals surface area contributed by atoms with E-state index in [9.17, 15) is 4.79 Å². The van der Waals surface area contributed by atoms with E-state index in [1.165, 1.54) is 5.56 Å². The average Bonchev–Trinajstić information content (AvgIpc) is 3.17. The van der Waals surface area contributed by atoms with Gasteiger partial charge in [-0.1, -0.05) is 30.3 Å². The van der Waals surface area contributed by atoms with Crippen molar-refractivity contribution in [3.63, 3.8) is 0 Å². The Morgan fingerprint density at radius 2 is 1.81 bits per heavy atom. The number of hydrogen-bond donors (Lipinski definition) is 0. The monoisotopic (exact) mass is 290 g/mol. The Kier molecular flexibility index (Phi) is 5.01. The highest BCUT2D eigenvalue weighted by molar-refractivity contribution is 5.56. The van der Waals surface area contributed by atoms with Crippen LogP contribution in [-0.4, -0.2) is 37.3 Å². The van der Waals surface area contributed by atoms with Crippen LogP contribution in [0, 0.1) is 0 Å². The lowest BCUT2D eigenvalue weighted by molar-refractivity contribution is -0.122. The molecule has 0 bridgehead atoms. The summed E-state index contributed by atoms with van der Waals surface area (Å²) < 4.78 is 17.4. The van der Waals surface area contributed by atoms with Gasteiger partial charge in [0.2, 0.25) is 0 Å². The Balaban J connectivity index is 1.38. The summed E-state index contributed by atoms with van der Waals surface area (Å²) in [5, 5.41) is 0. The molecule has 2 fully saturated rings. The van der Waals surface area contributed by atoms with E-state index in [2.05, 4.69) is 12.1 Å². The standard InChI is InChI=1S/C17H22O4/c18-10-14-6-8-16(20-14)17-9-7-15(21-17)12-19-11-13-4-2-1-3-5-13/h1-5,10,14-17H,6-9,11-12H2/t14-,15-,16-,17-/m0/s1. The summed E-state index contributed by atoms with van der Waals surface area (Å²) in [6.45, 7) is 1.24. The van der Waals surface area contributed by atoms with Crippen molar-refractivity contribution in [3.8, 4) is 0 Å². The van der Waals surface area contributed by atoms with Crippen LogP contribution in [0.2, 0.25) is 0 Å². The molecule has 3 rings (SSSR count). The van der Waals surface area contributed by atoms with Crippen molar-refractivity contribution in [3.05, 3.63) is 35.9 Å². The lowest BCUT2D eigenvalue weighted by Crippen LogP contribution is -2.28. The molecule has 21 heavy (non-hydrogen) atoms. The van der Waals surface area contributed by atoms with Gasteiger partial charge in [0.15, 0.2) is 0 Å². The zero-order valence-corrected chi connectivity index (χ0v) is 12.1. The molecule has 0 spiro atoms. The first-order chi connectivity index (χ1) is 10.3. The molecule has 0 saturated carbocycles. The molecule has 0 unspecified atom stereocenters. The number of ether oxygens (including phenoxy) is 3. The molecule has 0 N–H and O–H groups in total. The minimum absolute atomic E-state index is 0.0827. The molecule has 0 radical (unpaired) electrons. The van der Waals surface area contributed by atoms with Crippen molar-refractivity contribution in [2.75, 3.05) is 6.61 Å². The molecule has 114 valence electrons. The molecule has 4 nitrogen and oxygen atoms in total. The molecule has 2 aliphatic heterocycles. The number of carbonyl (C=O) groups excluding carboxylic acids is 1. The number of hydrogen-bond acceptors (Lipinski definition) is 4. The third kappa shape index (κ3) is 3.90. The molecule has 0 aromatic heterocycles. The van der Waals surface area contributed by atoms with E-state index < -0.39 is 0 Å². The fourth-order valence-electron chi connectivity index (χ4n) is 3.07. The summed E-state index contributed by atoms with van der Waals surface area (Å²) >= 11 is 0. The molecule has 4 heteroatoms. The predicted molar refractivity (Wildman–Crippen MR) is 78.0 cm³/mol. The highest BCUT2D eigenvalue weighted by Gasteiger charge is 2.37. The Morgan fingerprint density at radius 1 is 1.05 bits per heavy atom. The van der Waals surface area contributed by atoms with Gasteiger partial charge in [-0.05, 0) is 31.2 Å². The molecule has 1 aromatic rings. The summed E-state index contributed by atoms with van der Waals surface area (Å²) in [6, 6.07) is 10.2. The molecule has 2 saturated heterocycles. The van der Waals surface area contributed by atoms with Crippen molar-refractivity contribution in [2.24, 2.45) is 0 Å². The summed E-state index contributed by atoms with van der Waals surface area (Å²) in [4.78, 5) is 10.7. The number of benzene rings is 1. The normalized spacial score (nSPS) is 32.4. The fraction of sp³-hybridized carbons (Fsp3) is 0.588. The summed E-state index contributed by atoms with van der Waals surface area (Å²) in [6.07, 6.45) is 4.77. The van der Waals surface area contributed by atoms with E-state index in [0.717, 1.165) is 32.0 Å². The Labute approximate surface area is 125 Å². The summed E-state index contributed by atoms with van der Waals surface area (Å²) in [5.41, 5.74) is 1.18. The second-order valence-corrected chi connectivity index (χ2v) is 5.80. The van der Waals surface area contributed by atoms with Crippen LogP contribution in [0.1, 0.15) is 31.2 Å². The number of aldehydes is 1. The van der Waals surface area contributed by atoms with Crippen LogP contribution in [0.15, 0.2) is 30.3 Å². The van der Waals surface area contributed by atoms with Crippen LogP contribution in [0.25, 0.3) is 0 Å². The van der Waals surface area contributed by atoms with Crippen molar-refractivity contribution >= 4 is 6.29 Å². The summed E-state index contributed by atoms with van der Waals surface area (Å²) in [5.74, 6) is 0. The van der Waals surface area contributed by atoms with Crippen molar-refractivity contribution in [1.82, 2.24) is 0 Å². The molecular weight excluding hydrogens is 268 g/mol. The maximum absolute atomic E-state index is 10.7. The van der Waals surface area contributed by atoms with E-state index in [-0.39, 0.29) is 24.4 Å². The van der Waals surface area contributed by atoms with Gasteiger partial charge in [-0.3, -0.25) is 0 Å². The van der Waals surface area contributed by atoms with Gasteiger partial charge >= 0.3 is 0 Å². The smallest absolute Gasteiger partial charge is 0.148 e. The van der Waals surface area contributed by atoms with Gasteiger partial charge in [0.1, 0.15) is 12.4 Å². The summed E-state index contributed by atoms with van der Waals surface area (Å²) in [7, 11) is 0. The lowest BCUT2D eigenvalue weighted by atomic mass is 10.1. The van der Waals surface area contributed by atoms with E-state index >= 15 is 0 Å². The van der Waals surface area contributed by atoms with Gasteiger partial charge in [-0.15, -0.1) is 0 Å². The minimum atomic E-state index is -0.230. The van der Waals surface area contributed by atoms with Gasteiger partial charge in [0.25, 0.3) is 0 Å². The lowest BCUT2D eigenvalue weighted by Gasteiger charge is -2.19. The molecule has 0 amide bonds. The zero-order chi connectivity index (χ0) is 14.5. The largest absolute Gasteiger partial charge is 0.374 e. The van der Waals surface area contributed by atoms with Crippen LogP contribution in [0.3, 0.4) is 0 Å². The van der Waals surface area contributed by atoms with E-state index in [1.54, 1.807) is 0 Å². The first kappa shape index (κ1) is 14.7. The zero-order valence-electron chi connectivity index (χ0n) is 12.1. The fourth-order valence-corrected chi connectivity index (χ4v) is 3.07. The molecule has 2 aliphatic rings. The van der Waals surface area contributed by atoms with E-state index in [0.29, 0.717) is 13.2 Å². The van der Waals surface area contributed by atoms with Crippen molar-refractivity contribution in [2.45, 2.75) is 56.7 Å². The van der Waals surface area contributed by atoms with Gasteiger partial charge < -0.3 is 19.0 Å². The quantitative estimate of drug-likeness (QED) is 0.755. The molecule has 2 heterocycles. The molecule has 0 aliphatic carbocycles. The predicted octanol–water partition coefficient (Wildman–Crippen LogP) is 2.50. The van der Waals surface area contributed by atoms with Crippen LogP contribution in [0.4, 0.5) is 0 Å². The number of rotatable bonds is 6. The minimum Gasteiger partial charge on any atom is -0.374 e. The van der Waals surface area contributed by atoms with Crippen molar-refractivity contribution in [1.29, 1.82) is 0 Å². The third-order valence-electron chi connectivity index (χ3n) is 4.21. The van der Waals surface area contributed by atoms with Crippen LogP contribution in [0.5, 0.6) is 0 Å². The van der Waals surface area contributed by atoms with Gasteiger partial charge in [0.05, 0.1) is 31.5 Å². The topological polar surface area (TPSA) is 44.8 Å². The first-order valence-corrected chi connectivity index (χ1v) is 7.73. The second kappa shape index (κ2) is 7.16. The molecule has 4 atom stereocenters. The van der Waals surface area contributed by atoms with Crippen molar-refractivity contribution < 1.29 is 19.0 Å². The van der Waals surface area contributed by atoms with Gasteiger partial charge in [0, 0.05) is 0 Å². The highest BCUT2D eigenvalue weighted by atomic mass is 16.6. The maximum atomic E-state index is 10.7. The van der Waals surface area contributed by atoms with Crippen LogP contribution >= 0.6 is 0 Å². The molecule has 1 aromatic carbocycles. The van der Waals surface area contributed by atoms with E-state index in [4.69, 9.17) is 14.2 Å². The third-order valence-corrected chi connectivity index (χ3v) is 4.21. The number of carbonyl (C=O) groups is 1. The Morgan fingerprint density at radius 3 is 2.57 bits per heavy atom. The Hall–Kier alpha value is -1.23. The van der Waals surface area contributed by atoms with Crippen LogP contribution < -0.4 is 0 Å². The second-order valence-electron chi connectivity index (χ2n) is 5.80. The van der Waals surface area contributed by atoms with E-state index in [1.807, 2.05) is 18.2 Å².